The molecule has 0 aliphatic carbocycles. The maximum Gasteiger partial charge on any atom is 0.252 e. The van der Waals surface area contributed by atoms with Crippen LogP contribution in [-0.2, 0) is 22.5 Å². The van der Waals surface area contributed by atoms with Crippen LogP contribution in [0.5, 0.6) is 0 Å². The minimum absolute atomic E-state index is 0.0293. The summed E-state index contributed by atoms with van der Waals surface area (Å²) in [7, 11) is 3.52. The van der Waals surface area contributed by atoms with E-state index >= 15 is 0 Å². The molecule has 134 valence electrons. The number of likely N-dealkylation sites (N-methyl/N-ethyl adjacent to an activating group) is 1. The first kappa shape index (κ1) is 18.9. The van der Waals surface area contributed by atoms with Crippen LogP contribution in [0.2, 0.25) is 0 Å². The molecule has 24 heavy (non-hydrogen) atoms. The zero-order valence-electron chi connectivity index (χ0n) is 15.3. The number of morpholine rings is 1. The van der Waals surface area contributed by atoms with Gasteiger partial charge < -0.3 is 14.7 Å². The molecule has 0 aromatic heterocycles. The molecule has 5 nitrogen and oxygen atoms in total. The first-order chi connectivity index (χ1) is 11.2. The summed E-state index contributed by atoms with van der Waals surface area (Å²) >= 11 is 0. The standard InChI is InChI=1S/C19H30N2O3/c1-19(2,23)10-9-15-5-7-16(8-6-15)13-21-11-12-24-17(14-21)18(22)20(3)4/h5-8,17,23H,9-14H2,1-4H3/t17-/m0/s1. The van der Waals surface area contributed by atoms with Gasteiger partial charge in [-0.2, -0.15) is 0 Å². The van der Waals surface area contributed by atoms with Crippen molar-refractivity contribution < 1.29 is 14.6 Å². The van der Waals surface area contributed by atoms with Gasteiger partial charge in [-0.1, -0.05) is 24.3 Å². The number of hydrogen-bond donors (Lipinski definition) is 1. The van der Waals surface area contributed by atoms with Crippen LogP contribution >= 0.6 is 0 Å². The van der Waals surface area contributed by atoms with E-state index < -0.39 is 5.60 Å². The summed E-state index contributed by atoms with van der Waals surface area (Å²) in [5.41, 5.74) is 1.85. The molecule has 2 rings (SSSR count). The predicted octanol–water partition coefficient (Wildman–Crippen LogP) is 1.68. The molecule has 0 saturated carbocycles. The van der Waals surface area contributed by atoms with Gasteiger partial charge in [0.25, 0.3) is 5.91 Å². The molecular weight excluding hydrogens is 304 g/mol. The van der Waals surface area contributed by atoms with Gasteiger partial charge >= 0.3 is 0 Å². The lowest BCUT2D eigenvalue weighted by Gasteiger charge is -2.33. The second kappa shape index (κ2) is 8.10. The molecule has 1 aliphatic rings. The van der Waals surface area contributed by atoms with E-state index in [-0.39, 0.29) is 12.0 Å². The van der Waals surface area contributed by atoms with Crippen molar-refractivity contribution in [1.29, 1.82) is 0 Å². The molecular formula is C19H30N2O3. The summed E-state index contributed by atoms with van der Waals surface area (Å²) in [6, 6.07) is 8.53. The number of aliphatic hydroxyl groups is 1. The van der Waals surface area contributed by atoms with Crippen LogP contribution in [0.15, 0.2) is 24.3 Å². The normalized spacial score (nSPS) is 19.3. The first-order valence-corrected chi connectivity index (χ1v) is 8.60. The highest BCUT2D eigenvalue weighted by Crippen LogP contribution is 2.16. The average molecular weight is 334 g/mol. The van der Waals surface area contributed by atoms with E-state index in [2.05, 4.69) is 29.2 Å². The maximum absolute atomic E-state index is 12.0. The summed E-state index contributed by atoms with van der Waals surface area (Å²) in [4.78, 5) is 15.9. The first-order valence-electron chi connectivity index (χ1n) is 8.60. The number of hydrogen-bond acceptors (Lipinski definition) is 4. The largest absolute Gasteiger partial charge is 0.390 e. The van der Waals surface area contributed by atoms with Crippen LogP contribution in [0.1, 0.15) is 31.4 Å². The van der Waals surface area contributed by atoms with Gasteiger partial charge in [-0.15, -0.1) is 0 Å². The lowest BCUT2D eigenvalue weighted by atomic mass is 9.98. The topological polar surface area (TPSA) is 53.0 Å². The molecule has 1 heterocycles. The molecule has 1 aromatic carbocycles. The number of rotatable bonds is 6. The molecule has 0 bridgehead atoms. The zero-order valence-corrected chi connectivity index (χ0v) is 15.3. The summed E-state index contributed by atoms with van der Waals surface area (Å²) in [6.45, 7) is 6.58. The van der Waals surface area contributed by atoms with Gasteiger partial charge in [0.05, 0.1) is 12.2 Å². The van der Waals surface area contributed by atoms with Crippen molar-refractivity contribution in [1.82, 2.24) is 9.80 Å². The average Bonchev–Trinajstić information content (AvgIpc) is 2.53. The summed E-state index contributed by atoms with van der Waals surface area (Å²) in [6.07, 6.45) is 1.27. The number of benzene rings is 1. The van der Waals surface area contributed by atoms with Gasteiger partial charge in [0.15, 0.2) is 0 Å². The third-order valence-corrected chi connectivity index (χ3v) is 4.32. The molecule has 1 fully saturated rings. The SMILES string of the molecule is CN(C)C(=O)[C@@H]1CN(Cc2ccc(CCC(C)(C)O)cc2)CCO1. The second-order valence-corrected chi connectivity index (χ2v) is 7.46. The van der Waals surface area contributed by atoms with Gasteiger partial charge in [0.1, 0.15) is 6.10 Å². The van der Waals surface area contributed by atoms with E-state index in [1.165, 1.54) is 11.1 Å². The lowest BCUT2D eigenvalue weighted by Crippen LogP contribution is -2.49. The van der Waals surface area contributed by atoms with Crippen LogP contribution in [0, 0.1) is 0 Å². The Morgan fingerprint density at radius 2 is 1.92 bits per heavy atom. The monoisotopic (exact) mass is 334 g/mol. The van der Waals surface area contributed by atoms with Gasteiger partial charge in [-0.05, 0) is 37.8 Å². The van der Waals surface area contributed by atoms with Gasteiger partial charge in [-0.3, -0.25) is 9.69 Å². The number of amides is 1. The van der Waals surface area contributed by atoms with Crippen molar-refractivity contribution in [3.63, 3.8) is 0 Å². The zero-order chi connectivity index (χ0) is 17.7. The number of aryl methyl sites for hydroxylation is 1. The molecule has 1 N–H and O–H groups in total. The van der Waals surface area contributed by atoms with Crippen LogP contribution in [-0.4, -0.2) is 66.3 Å². The van der Waals surface area contributed by atoms with Gasteiger partial charge in [0, 0.05) is 33.7 Å². The lowest BCUT2D eigenvalue weighted by molar-refractivity contribution is -0.147. The molecule has 1 amide bonds. The van der Waals surface area contributed by atoms with E-state index in [0.717, 1.165) is 25.9 Å². The van der Waals surface area contributed by atoms with Crippen molar-refractivity contribution in [3.8, 4) is 0 Å². The quantitative estimate of drug-likeness (QED) is 0.860. The molecule has 1 saturated heterocycles. The molecule has 5 heteroatoms. The van der Waals surface area contributed by atoms with Crippen molar-refractivity contribution >= 4 is 5.91 Å². The van der Waals surface area contributed by atoms with E-state index in [1.54, 1.807) is 19.0 Å². The Kier molecular flexibility index (Phi) is 6.38. The molecule has 1 atom stereocenters. The molecule has 1 aliphatic heterocycles. The van der Waals surface area contributed by atoms with Crippen molar-refractivity contribution in [2.24, 2.45) is 0 Å². The predicted molar refractivity (Wildman–Crippen MR) is 94.8 cm³/mol. The Morgan fingerprint density at radius 1 is 1.29 bits per heavy atom. The third-order valence-electron chi connectivity index (χ3n) is 4.32. The fraction of sp³-hybridized carbons (Fsp3) is 0.632. The van der Waals surface area contributed by atoms with E-state index in [4.69, 9.17) is 4.74 Å². The van der Waals surface area contributed by atoms with Crippen molar-refractivity contribution in [2.75, 3.05) is 33.8 Å². The van der Waals surface area contributed by atoms with E-state index in [1.807, 2.05) is 13.8 Å². The fourth-order valence-electron chi connectivity index (χ4n) is 2.80. The highest BCUT2D eigenvalue weighted by Gasteiger charge is 2.27. The smallest absolute Gasteiger partial charge is 0.252 e. The van der Waals surface area contributed by atoms with E-state index in [9.17, 15) is 9.90 Å². The Labute approximate surface area is 145 Å². The Balaban J connectivity index is 1.88. The Bertz CT molecular complexity index is 535. The number of carbonyl (C=O) groups excluding carboxylic acids is 1. The summed E-state index contributed by atoms with van der Waals surface area (Å²) < 4.78 is 5.60. The number of carbonyl (C=O) groups is 1. The van der Waals surface area contributed by atoms with Crippen molar-refractivity contribution in [2.45, 2.75) is 44.9 Å². The third kappa shape index (κ3) is 5.89. The number of ether oxygens (including phenoxy) is 1. The highest BCUT2D eigenvalue weighted by atomic mass is 16.5. The highest BCUT2D eigenvalue weighted by molar-refractivity contribution is 5.80. The molecule has 1 aromatic rings. The number of nitrogens with zero attached hydrogens (tertiary/aromatic N) is 2. The second-order valence-electron chi connectivity index (χ2n) is 7.46. The van der Waals surface area contributed by atoms with Gasteiger partial charge in [-0.25, -0.2) is 0 Å². The Hall–Kier alpha value is -1.43. The van der Waals surface area contributed by atoms with Crippen molar-refractivity contribution in [3.05, 3.63) is 35.4 Å². The van der Waals surface area contributed by atoms with Crippen LogP contribution in [0.4, 0.5) is 0 Å². The van der Waals surface area contributed by atoms with E-state index in [0.29, 0.717) is 13.2 Å². The maximum atomic E-state index is 12.0. The van der Waals surface area contributed by atoms with Crippen LogP contribution in [0.3, 0.4) is 0 Å². The summed E-state index contributed by atoms with van der Waals surface area (Å²) in [5, 5.41) is 9.81. The van der Waals surface area contributed by atoms with Crippen LogP contribution in [0.25, 0.3) is 0 Å². The minimum Gasteiger partial charge on any atom is -0.390 e. The molecule has 0 unspecified atom stereocenters. The molecule has 0 radical (unpaired) electrons. The fourth-order valence-corrected chi connectivity index (χ4v) is 2.80. The van der Waals surface area contributed by atoms with Gasteiger partial charge in [0.2, 0.25) is 0 Å². The summed E-state index contributed by atoms with van der Waals surface area (Å²) in [5.74, 6) is 0.0293. The van der Waals surface area contributed by atoms with Crippen LogP contribution < -0.4 is 0 Å². The molecule has 0 spiro atoms. The minimum atomic E-state index is -0.625. The Morgan fingerprint density at radius 3 is 2.50 bits per heavy atom.